The number of aliphatic hydroxyl groups excluding tert-OH is 1. The molecule has 1 saturated heterocycles. The first kappa shape index (κ1) is 12.0. The van der Waals surface area contributed by atoms with Crippen molar-refractivity contribution in [1.82, 2.24) is 4.90 Å². The molecule has 4 nitrogen and oxygen atoms in total. The normalized spacial score (nSPS) is 35.6. The van der Waals surface area contributed by atoms with Crippen LogP contribution in [0.4, 0.5) is 0 Å². The van der Waals surface area contributed by atoms with E-state index in [-0.39, 0.29) is 24.4 Å². The average Bonchev–Trinajstić information content (AvgIpc) is 2.62. The molecule has 1 aliphatic carbocycles. The van der Waals surface area contributed by atoms with E-state index in [1.54, 1.807) is 0 Å². The number of morpholine rings is 1. The van der Waals surface area contributed by atoms with Gasteiger partial charge in [-0.2, -0.15) is 0 Å². The van der Waals surface area contributed by atoms with E-state index in [1.165, 1.54) is 0 Å². The van der Waals surface area contributed by atoms with Gasteiger partial charge in [-0.3, -0.25) is 9.69 Å². The Bertz CT molecular complexity index is 277. The van der Waals surface area contributed by atoms with Crippen LogP contribution >= 0.6 is 0 Å². The molecule has 2 atom stereocenters. The number of ketones is 1. The van der Waals surface area contributed by atoms with E-state index < -0.39 is 0 Å². The van der Waals surface area contributed by atoms with E-state index in [4.69, 9.17) is 4.74 Å². The van der Waals surface area contributed by atoms with Crippen molar-refractivity contribution >= 4 is 5.78 Å². The molecule has 2 aliphatic rings. The molecule has 2 unspecified atom stereocenters. The number of hydrogen-bond acceptors (Lipinski definition) is 4. The fraction of sp³-hybridized carbons (Fsp3) is 0.917. The van der Waals surface area contributed by atoms with Crippen molar-refractivity contribution in [3.63, 3.8) is 0 Å². The van der Waals surface area contributed by atoms with Crippen LogP contribution in [0.1, 0.15) is 33.1 Å². The van der Waals surface area contributed by atoms with Crippen LogP contribution in [0.25, 0.3) is 0 Å². The molecule has 92 valence electrons. The fourth-order valence-corrected chi connectivity index (χ4v) is 2.86. The highest BCUT2D eigenvalue weighted by atomic mass is 16.5. The van der Waals surface area contributed by atoms with Gasteiger partial charge in [0.2, 0.25) is 0 Å². The van der Waals surface area contributed by atoms with E-state index in [9.17, 15) is 9.90 Å². The van der Waals surface area contributed by atoms with Gasteiger partial charge in [0, 0.05) is 19.5 Å². The highest BCUT2D eigenvalue weighted by Gasteiger charge is 2.39. The second kappa shape index (κ2) is 4.43. The second-order valence-corrected chi connectivity index (χ2v) is 5.49. The molecule has 1 heterocycles. The predicted octanol–water partition coefficient (Wildman–Crippen LogP) is 0.580. The smallest absolute Gasteiger partial charge is 0.149 e. The molecule has 1 saturated carbocycles. The van der Waals surface area contributed by atoms with Gasteiger partial charge in [0.05, 0.1) is 24.4 Å². The van der Waals surface area contributed by atoms with Crippen LogP contribution in [-0.4, -0.2) is 53.2 Å². The molecule has 0 aromatic carbocycles. The molecule has 16 heavy (non-hydrogen) atoms. The average molecular weight is 227 g/mol. The summed E-state index contributed by atoms with van der Waals surface area (Å²) in [7, 11) is 0. The van der Waals surface area contributed by atoms with Crippen LogP contribution in [0, 0.1) is 0 Å². The van der Waals surface area contributed by atoms with Gasteiger partial charge in [-0.1, -0.05) is 0 Å². The molecule has 2 rings (SSSR count). The molecule has 0 radical (unpaired) electrons. The van der Waals surface area contributed by atoms with Gasteiger partial charge in [0.1, 0.15) is 5.78 Å². The summed E-state index contributed by atoms with van der Waals surface area (Å²) in [6, 6.07) is 0.0669. The molecule has 1 aliphatic heterocycles. The second-order valence-electron chi connectivity index (χ2n) is 5.49. The first-order chi connectivity index (χ1) is 7.52. The molecular weight excluding hydrogens is 206 g/mol. The SMILES string of the molecule is CC1(C)CN(C2CCCC2=O)CC(CO)O1. The monoisotopic (exact) mass is 227 g/mol. The molecule has 0 aromatic heterocycles. The first-order valence-electron chi connectivity index (χ1n) is 6.07. The zero-order valence-corrected chi connectivity index (χ0v) is 10.1. The van der Waals surface area contributed by atoms with Crippen molar-refractivity contribution < 1.29 is 14.6 Å². The zero-order valence-electron chi connectivity index (χ0n) is 10.1. The van der Waals surface area contributed by atoms with E-state index in [0.717, 1.165) is 19.4 Å². The largest absolute Gasteiger partial charge is 0.394 e. The summed E-state index contributed by atoms with van der Waals surface area (Å²) in [4.78, 5) is 13.9. The maximum atomic E-state index is 11.7. The number of rotatable bonds is 2. The number of nitrogens with zero attached hydrogens (tertiary/aromatic N) is 1. The number of carbonyl (C=O) groups is 1. The molecule has 0 aromatic rings. The summed E-state index contributed by atoms with van der Waals surface area (Å²) in [5, 5.41) is 9.21. The minimum atomic E-state index is -0.269. The maximum Gasteiger partial charge on any atom is 0.149 e. The molecule has 2 fully saturated rings. The van der Waals surface area contributed by atoms with Gasteiger partial charge in [-0.25, -0.2) is 0 Å². The summed E-state index contributed by atoms with van der Waals surface area (Å²) in [5.41, 5.74) is -0.269. The lowest BCUT2D eigenvalue weighted by Gasteiger charge is -2.44. The van der Waals surface area contributed by atoms with Gasteiger partial charge in [0.15, 0.2) is 0 Å². The van der Waals surface area contributed by atoms with Crippen LogP contribution in [0.2, 0.25) is 0 Å². The molecule has 1 N–H and O–H groups in total. The van der Waals surface area contributed by atoms with Crippen LogP contribution in [0.5, 0.6) is 0 Å². The van der Waals surface area contributed by atoms with Crippen molar-refractivity contribution in [2.75, 3.05) is 19.7 Å². The first-order valence-corrected chi connectivity index (χ1v) is 6.07. The summed E-state index contributed by atoms with van der Waals surface area (Å²) in [6.45, 7) is 5.51. The summed E-state index contributed by atoms with van der Waals surface area (Å²) in [6.07, 6.45) is 2.53. The Hall–Kier alpha value is -0.450. The Morgan fingerprint density at radius 3 is 2.88 bits per heavy atom. The zero-order chi connectivity index (χ0) is 11.8. The topological polar surface area (TPSA) is 49.8 Å². The summed E-state index contributed by atoms with van der Waals surface area (Å²) in [5.74, 6) is 0.356. The quantitative estimate of drug-likeness (QED) is 0.749. The molecule has 0 spiro atoms. The third kappa shape index (κ3) is 2.44. The van der Waals surface area contributed by atoms with Gasteiger partial charge in [-0.05, 0) is 26.7 Å². The Morgan fingerprint density at radius 2 is 2.31 bits per heavy atom. The highest BCUT2D eigenvalue weighted by molar-refractivity contribution is 5.85. The Morgan fingerprint density at radius 1 is 1.56 bits per heavy atom. The molecule has 0 amide bonds. The highest BCUT2D eigenvalue weighted by Crippen LogP contribution is 2.27. The lowest BCUT2D eigenvalue weighted by Crippen LogP contribution is -2.57. The molecular formula is C12H21NO3. The van der Waals surface area contributed by atoms with Gasteiger partial charge < -0.3 is 9.84 Å². The van der Waals surface area contributed by atoms with Crippen LogP contribution in [-0.2, 0) is 9.53 Å². The van der Waals surface area contributed by atoms with Crippen molar-refractivity contribution in [2.24, 2.45) is 0 Å². The van der Waals surface area contributed by atoms with Crippen LogP contribution in [0.3, 0.4) is 0 Å². The minimum Gasteiger partial charge on any atom is -0.394 e. The van der Waals surface area contributed by atoms with Crippen molar-refractivity contribution in [1.29, 1.82) is 0 Å². The van der Waals surface area contributed by atoms with E-state index in [0.29, 0.717) is 18.7 Å². The third-order valence-electron chi connectivity index (χ3n) is 3.42. The van der Waals surface area contributed by atoms with Crippen LogP contribution < -0.4 is 0 Å². The third-order valence-corrected chi connectivity index (χ3v) is 3.42. The molecule has 0 bridgehead atoms. The van der Waals surface area contributed by atoms with E-state index in [2.05, 4.69) is 4.90 Å². The number of ether oxygens (including phenoxy) is 1. The van der Waals surface area contributed by atoms with Crippen molar-refractivity contribution in [3.05, 3.63) is 0 Å². The van der Waals surface area contributed by atoms with Crippen molar-refractivity contribution in [3.8, 4) is 0 Å². The van der Waals surface area contributed by atoms with Gasteiger partial charge in [0.25, 0.3) is 0 Å². The fourth-order valence-electron chi connectivity index (χ4n) is 2.86. The summed E-state index contributed by atoms with van der Waals surface area (Å²) >= 11 is 0. The van der Waals surface area contributed by atoms with E-state index >= 15 is 0 Å². The molecule has 4 heteroatoms. The lowest BCUT2D eigenvalue weighted by molar-refractivity contribution is -0.160. The summed E-state index contributed by atoms with van der Waals surface area (Å²) < 4.78 is 5.75. The predicted molar refractivity (Wildman–Crippen MR) is 60.3 cm³/mol. The maximum absolute atomic E-state index is 11.7. The number of aliphatic hydroxyl groups is 1. The number of hydrogen-bond donors (Lipinski definition) is 1. The lowest BCUT2D eigenvalue weighted by atomic mass is 10.0. The Kier molecular flexibility index (Phi) is 3.33. The Balaban J connectivity index is 2.06. The van der Waals surface area contributed by atoms with Crippen LogP contribution in [0.15, 0.2) is 0 Å². The van der Waals surface area contributed by atoms with Gasteiger partial charge in [-0.15, -0.1) is 0 Å². The van der Waals surface area contributed by atoms with Crippen molar-refractivity contribution in [2.45, 2.75) is 50.9 Å². The van der Waals surface area contributed by atoms with Gasteiger partial charge >= 0.3 is 0 Å². The van der Waals surface area contributed by atoms with E-state index in [1.807, 2.05) is 13.8 Å². The standard InChI is InChI=1S/C12H21NO3/c1-12(2)8-13(6-9(7-14)16-12)10-4-3-5-11(10)15/h9-10,14H,3-8H2,1-2H3. The number of Topliss-reactive ketones (excluding diaryl/α,β-unsaturated/α-hetero) is 1. The minimum absolute atomic E-state index is 0.0286. The Labute approximate surface area is 96.6 Å². The number of carbonyl (C=O) groups excluding carboxylic acids is 1.